The molecule has 0 atom stereocenters. The summed E-state index contributed by atoms with van der Waals surface area (Å²) < 4.78 is 5.65. The lowest BCUT2D eigenvalue weighted by Crippen LogP contribution is -2.27. The van der Waals surface area contributed by atoms with Crippen molar-refractivity contribution >= 4 is 27.5 Å². The van der Waals surface area contributed by atoms with E-state index in [4.69, 9.17) is 4.74 Å². The Morgan fingerprint density at radius 3 is 2.27 bits per heavy atom. The molecule has 0 aliphatic heterocycles. The third-order valence-electron chi connectivity index (χ3n) is 4.19. The summed E-state index contributed by atoms with van der Waals surface area (Å²) in [5.41, 5.74) is 0.181. The van der Waals surface area contributed by atoms with Gasteiger partial charge in [-0.25, -0.2) is 4.79 Å². The highest BCUT2D eigenvalue weighted by molar-refractivity contribution is 6.09. The molecule has 0 aliphatic rings. The SMILES string of the molecule is CCC(C)(C)OC(=O)c1cccc2cc3ccccc3cc12. The Labute approximate surface area is 130 Å². The molecular formula is C20H20O2. The first kappa shape index (κ1) is 14.6. The van der Waals surface area contributed by atoms with E-state index in [-0.39, 0.29) is 5.97 Å². The van der Waals surface area contributed by atoms with Crippen molar-refractivity contribution in [1.82, 2.24) is 0 Å². The summed E-state index contributed by atoms with van der Waals surface area (Å²) in [6.45, 7) is 5.89. The Morgan fingerprint density at radius 2 is 1.59 bits per heavy atom. The average molecular weight is 292 g/mol. The van der Waals surface area contributed by atoms with Crippen LogP contribution in [0, 0.1) is 0 Å². The number of carbonyl (C=O) groups is 1. The van der Waals surface area contributed by atoms with Crippen LogP contribution >= 0.6 is 0 Å². The largest absolute Gasteiger partial charge is 0.456 e. The topological polar surface area (TPSA) is 26.3 Å². The maximum Gasteiger partial charge on any atom is 0.339 e. The molecule has 0 spiro atoms. The lowest BCUT2D eigenvalue weighted by molar-refractivity contribution is -0.00220. The molecule has 0 bridgehead atoms. The van der Waals surface area contributed by atoms with Gasteiger partial charge in [0.1, 0.15) is 5.60 Å². The molecule has 0 heterocycles. The first-order valence-electron chi connectivity index (χ1n) is 7.65. The van der Waals surface area contributed by atoms with Gasteiger partial charge >= 0.3 is 5.97 Å². The number of benzene rings is 3. The quantitative estimate of drug-likeness (QED) is 0.481. The van der Waals surface area contributed by atoms with Crippen LogP contribution in [0.2, 0.25) is 0 Å². The van der Waals surface area contributed by atoms with Crippen molar-refractivity contribution in [3.05, 3.63) is 60.2 Å². The summed E-state index contributed by atoms with van der Waals surface area (Å²) >= 11 is 0. The van der Waals surface area contributed by atoms with Crippen LogP contribution in [0.1, 0.15) is 37.6 Å². The van der Waals surface area contributed by atoms with Crippen molar-refractivity contribution in [2.24, 2.45) is 0 Å². The lowest BCUT2D eigenvalue weighted by Gasteiger charge is -2.23. The van der Waals surface area contributed by atoms with Gasteiger partial charge in [0, 0.05) is 0 Å². The molecule has 3 rings (SSSR count). The van der Waals surface area contributed by atoms with Gasteiger partial charge in [-0.05, 0) is 60.0 Å². The Hall–Kier alpha value is -2.35. The van der Waals surface area contributed by atoms with Gasteiger partial charge in [-0.2, -0.15) is 0 Å². The van der Waals surface area contributed by atoms with Crippen LogP contribution in [0.3, 0.4) is 0 Å². The fourth-order valence-electron chi connectivity index (χ4n) is 2.52. The van der Waals surface area contributed by atoms with Gasteiger partial charge in [-0.3, -0.25) is 0 Å². The van der Waals surface area contributed by atoms with Gasteiger partial charge in [-0.15, -0.1) is 0 Å². The van der Waals surface area contributed by atoms with Gasteiger partial charge in [0.25, 0.3) is 0 Å². The van der Waals surface area contributed by atoms with Crippen molar-refractivity contribution < 1.29 is 9.53 Å². The van der Waals surface area contributed by atoms with E-state index in [2.05, 4.69) is 24.3 Å². The fraction of sp³-hybridized carbons (Fsp3) is 0.250. The van der Waals surface area contributed by atoms with E-state index in [9.17, 15) is 4.79 Å². The monoisotopic (exact) mass is 292 g/mol. The van der Waals surface area contributed by atoms with E-state index < -0.39 is 5.60 Å². The Morgan fingerprint density at radius 1 is 0.955 bits per heavy atom. The highest BCUT2D eigenvalue weighted by Crippen LogP contribution is 2.27. The third kappa shape index (κ3) is 2.69. The molecule has 3 aromatic carbocycles. The molecule has 2 nitrogen and oxygen atoms in total. The minimum Gasteiger partial charge on any atom is -0.456 e. The van der Waals surface area contributed by atoms with Gasteiger partial charge < -0.3 is 4.74 Å². The first-order chi connectivity index (χ1) is 10.5. The van der Waals surface area contributed by atoms with Gasteiger partial charge in [0.05, 0.1) is 5.56 Å². The Kier molecular flexibility index (Phi) is 3.61. The number of hydrogen-bond donors (Lipinski definition) is 0. The zero-order valence-electron chi connectivity index (χ0n) is 13.2. The van der Waals surface area contributed by atoms with Crippen molar-refractivity contribution in [3.8, 4) is 0 Å². The predicted molar refractivity (Wildman–Crippen MR) is 91.2 cm³/mol. The zero-order chi connectivity index (χ0) is 15.7. The molecular weight excluding hydrogens is 272 g/mol. The van der Waals surface area contributed by atoms with Crippen LogP contribution in [0.5, 0.6) is 0 Å². The number of ether oxygens (including phenoxy) is 1. The van der Waals surface area contributed by atoms with Crippen LogP contribution in [0.25, 0.3) is 21.5 Å². The minimum atomic E-state index is -0.448. The standard InChI is InChI=1S/C20H20O2/c1-4-20(2,3)22-19(21)17-11-7-10-16-12-14-8-5-6-9-15(14)13-18(16)17/h5-13H,4H2,1-3H3. The molecule has 0 saturated carbocycles. The summed E-state index contributed by atoms with van der Waals surface area (Å²) in [5, 5.41) is 4.31. The highest BCUT2D eigenvalue weighted by atomic mass is 16.6. The maximum atomic E-state index is 12.5. The third-order valence-corrected chi connectivity index (χ3v) is 4.19. The molecule has 2 heteroatoms. The predicted octanol–water partition coefficient (Wildman–Crippen LogP) is 5.34. The molecule has 112 valence electrons. The Bertz CT molecular complexity index is 847. The molecule has 0 saturated heterocycles. The average Bonchev–Trinajstić information content (AvgIpc) is 2.51. The van der Waals surface area contributed by atoms with E-state index in [1.54, 1.807) is 0 Å². The second kappa shape index (κ2) is 5.45. The first-order valence-corrected chi connectivity index (χ1v) is 7.65. The van der Waals surface area contributed by atoms with E-state index >= 15 is 0 Å². The molecule has 0 fully saturated rings. The summed E-state index contributed by atoms with van der Waals surface area (Å²) in [6.07, 6.45) is 0.784. The van der Waals surface area contributed by atoms with Gasteiger partial charge in [-0.1, -0.05) is 43.3 Å². The summed E-state index contributed by atoms with van der Waals surface area (Å²) in [4.78, 5) is 12.5. The zero-order valence-corrected chi connectivity index (χ0v) is 13.2. The van der Waals surface area contributed by atoms with Gasteiger partial charge in [0.2, 0.25) is 0 Å². The van der Waals surface area contributed by atoms with Crippen molar-refractivity contribution in [3.63, 3.8) is 0 Å². The molecule has 3 aromatic rings. The summed E-state index contributed by atoms with van der Waals surface area (Å²) in [7, 11) is 0. The minimum absolute atomic E-state index is 0.257. The fourth-order valence-corrected chi connectivity index (χ4v) is 2.52. The van der Waals surface area contributed by atoms with Crippen LogP contribution in [0.15, 0.2) is 54.6 Å². The number of hydrogen-bond acceptors (Lipinski definition) is 2. The van der Waals surface area contributed by atoms with E-state index in [1.165, 1.54) is 5.39 Å². The molecule has 22 heavy (non-hydrogen) atoms. The van der Waals surface area contributed by atoms with E-state index in [0.717, 1.165) is 22.6 Å². The molecule has 0 N–H and O–H groups in total. The molecule has 0 aliphatic carbocycles. The second-order valence-corrected chi connectivity index (χ2v) is 6.23. The molecule has 0 unspecified atom stereocenters. The molecule has 0 radical (unpaired) electrons. The second-order valence-electron chi connectivity index (χ2n) is 6.23. The smallest absolute Gasteiger partial charge is 0.339 e. The van der Waals surface area contributed by atoms with E-state index in [1.807, 2.05) is 51.1 Å². The van der Waals surface area contributed by atoms with Crippen molar-refractivity contribution in [1.29, 1.82) is 0 Å². The number of carbonyl (C=O) groups excluding carboxylic acids is 1. The maximum absolute atomic E-state index is 12.5. The number of fused-ring (bicyclic) bond motifs is 2. The summed E-state index contributed by atoms with van der Waals surface area (Å²) in [5.74, 6) is -0.257. The van der Waals surface area contributed by atoms with Crippen LogP contribution < -0.4 is 0 Å². The van der Waals surface area contributed by atoms with Crippen LogP contribution in [-0.4, -0.2) is 11.6 Å². The van der Waals surface area contributed by atoms with Crippen LogP contribution in [-0.2, 0) is 4.74 Å². The molecule has 0 aromatic heterocycles. The number of rotatable bonds is 3. The van der Waals surface area contributed by atoms with Crippen molar-refractivity contribution in [2.45, 2.75) is 32.8 Å². The normalized spacial score (nSPS) is 11.8. The molecule has 0 amide bonds. The lowest BCUT2D eigenvalue weighted by atomic mass is 9.99. The van der Waals surface area contributed by atoms with Crippen LogP contribution in [0.4, 0.5) is 0 Å². The van der Waals surface area contributed by atoms with Gasteiger partial charge in [0.15, 0.2) is 0 Å². The Balaban J connectivity index is 2.13. The van der Waals surface area contributed by atoms with Crippen molar-refractivity contribution in [2.75, 3.05) is 0 Å². The highest BCUT2D eigenvalue weighted by Gasteiger charge is 2.22. The summed E-state index contributed by atoms with van der Waals surface area (Å²) in [6, 6.07) is 18.1. The number of esters is 1. The van der Waals surface area contributed by atoms with E-state index in [0.29, 0.717) is 5.56 Å².